The van der Waals surface area contributed by atoms with Crippen LogP contribution in [0.1, 0.15) is 15.9 Å². The molecule has 3 aliphatic heterocycles. The smallest absolute Gasteiger partial charge is 0.409 e. The van der Waals surface area contributed by atoms with Gasteiger partial charge >= 0.3 is 12.9 Å². The lowest BCUT2D eigenvalue weighted by Crippen LogP contribution is -2.45. The van der Waals surface area contributed by atoms with Crippen LogP contribution in [0.5, 0.6) is 5.75 Å². The number of nitrogens with two attached hydrogens (primary N) is 1. The fraction of sp³-hybridized carbons (Fsp3) is 0.312. The van der Waals surface area contributed by atoms with Crippen LogP contribution in [-0.4, -0.2) is 48.6 Å². The number of carbonyl (C=O) groups is 1. The molecule has 1 aromatic rings. The Morgan fingerprint density at radius 3 is 3.12 bits per heavy atom. The van der Waals surface area contributed by atoms with E-state index >= 15 is 0 Å². The van der Waals surface area contributed by atoms with Crippen molar-refractivity contribution in [1.82, 2.24) is 15.8 Å². The van der Waals surface area contributed by atoms with E-state index in [1.807, 2.05) is 23.3 Å². The lowest BCUT2D eigenvalue weighted by Gasteiger charge is -2.28. The number of nitrogens with zero attached hydrogens (tertiary/aromatic N) is 1. The highest BCUT2D eigenvalue weighted by atomic mass is 16.4. The van der Waals surface area contributed by atoms with E-state index < -0.39 is 5.97 Å². The van der Waals surface area contributed by atoms with E-state index in [0.29, 0.717) is 18.8 Å². The summed E-state index contributed by atoms with van der Waals surface area (Å²) in [5.41, 5.74) is 12.3. The first kappa shape index (κ1) is 15.1. The van der Waals surface area contributed by atoms with Crippen molar-refractivity contribution >= 4 is 12.9 Å². The van der Waals surface area contributed by atoms with Gasteiger partial charge in [-0.15, -0.1) is 0 Å². The quantitative estimate of drug-likeness (QED) is 0.574. The van der Waals surface area contributed by atoms with E-state index in [0.717, 1.165) is 24.2 Å². The van der Waals surface area contributed by atoms with Gasteiger partial charge < -0.3 is 25.8 Å². The van der Waals surface area contributed by atoms with Crippen LogP contribution >= 0.6 is 0 Å². The molecule has 0 spiro atoms. The van der Waals surface area contributed by atoms with Crippen molar-refractivity contribution < 1.29 is 14.6 Å². The van der Waals surface area contributed by atoms with Crippen LogP contribution in [0.15, 0.2) is 41.6 Å². The third kappa shape index (κ3) is 2.63. The number of aromatic carboxylic acids is 1. The second kappa shape index (κ2) is 5.88. The van der Waals surface area contributed by atoms with Crippen molar-refractivity contribution in [3.05, 3.63) is 52.8 Å². The number of rotatable bonds is 4. The van der Waals surface area contributed by atoms with E-state index in [9.17, 15) is 9.90 Å². The molecule has 1 atom stereocenters. The summed E-state index contributed by atoms with van der Waals surface area (Å²) in [5.74, 6) is 1.72. The van der Waals surface area contributed by atoms with Crippen LogP contribution in [0.2, 0.25) is 0 Å². The molecular formula is C16H19BN4O3. The summed E-state index contributed by atoms with van der Waals surface area (Å²) in [7, 11) is 0. The van der Waals surface area contributed by atoms with Crippen LogP contribution in [0.25, 0.3) is 0 Å². The van der Waals surface area contributed by atoms with E-state index in [4.69, 9.17) is 10.4 Å². The molecule has 3 aliphatic rings. The van der Waals surface area contributed by atoms with Gasteiger partial charge in [-0.25, -0.2) is 10.2 Å². The van der Waals surface area contributed by atoms with Gasteiger partial charge in [0, 0.05) is 25.0 Å². The van der Waals surface area contributed by atoms with Gasteiger partial charge in [0.2, 0.25) is 0 Å². The number of carboxylic acid groups (broad SMARTS) is 1. The molecule has 0 saturated carbocycles. The van der Waals surface area contributed by atoms with Gasteiger partial charge in [-0.3, -0.25) is 0 Å². The van der Waals surface area contributed by atoms with Crippen LogP contribution in [-0.2, 0) is 6.42 Å². The lowest BCUT2D eigenvalue weighted by atomic mass is 9.58. The third-order valence-corrected chi connectivity index (χ3v) is 4.60. The molecular weight excluding hydrogens is 307 g/mol. The van der Waals surface area contributed by atoms with Gasteiger partial charge in [-0.1, -0.05) is 12.1 Å². The summed E-state index contributed by atoms with van der Waals surface area (Å²) in [6.45, 7) is 1.88. The summed E-state index contributed by atoms with van der Waals surface area (Å²) in [6.07, 6.45) is 2.78. The number of carboxylic acids is 1. The van der Waals surface area contributed by atoms with Crippen LogP contribution in [0, 0.1) is 0 Å². The van der Waals surface area contributed by atoms with Crippen LogP contribution in [0.4, 0.5) is 0 Å². The third-order valence-electron chi connectivity index (χ3n) is 4.60. The monoisotopic (exact) mass is 326 g/mol. The minimum atomic E-state index is -0.957. The number of nitrogens with one attached hydrogen (secondary N) is 2. The highest BCUT2D eigenvalue weighted by molar-refractivity contribution is 6.61. The summed E-state index contributed by atoms with van der Waals surface area (Å²) in [4.78, 5) is 11.4. The van der Waals surface area contributed by atoms with E-state index in [1.54, 1.807) is 12.1 Å². The summed E-state index contributed by atoms with van der Waals surface area (Å²) in [5, 5.41) is 14.8. The SMILES string of the molecule is NCC1=CN(CC2=CB3Oc4c(cccc4C(=O)O)CC3N2)NC1. The molecule has 0 saturated heterocycles. The molecule has 0 amide bonds. The number of para-hydroxylation sites is 1. The zero-order chi connectivity index (χ0) is 16.7. The Kier molecular flexibility index (Phi) is 3.70. The van der Waals surface area contributed by atoms with Crippen LogP contribution in [0.3, 0.4) is 0 Å². The lowest BCUT2D eigenvalue weighted by molar-refractivity contribution is 0.0694. The number of fused-ring (bicyclic) bond motifs is 2. The molecule has 0 radical (unpaired) electrons. The van der Waals surface area contributed by atoms with Gasteiger partial charge in [0.05, 0.1) is 18.0 Å². The molecule has 0 fully saturated rings. The zero-order valence-electron chi connectivity index (χ0n) is 13.2. The van der Waals surface area contributed by atoms with Gasteiger partial charge in [0.25, 0.3) is 0 Å². The van der Waals surface area contributed by atoms with Gasteiger partial charge in [0.1, 0.15) is 5.75 Å². The Labute approximate surface area is 140 Å². The molecule has 0 aliphatic carbocycles. The summed E-state index contributed by atoms with van der Waals surface area (Å²) < 4.78 is 5.99. The Balaban J connectivity index is 1.50. The van der Waals surface area contributed by atoms with E-state index in [-0.39, 0.29) is 18.4 Å². The Hall–Kier alpha value is -2.45. The van der Waals surface area contributed by atoms with Crippen molar-refractivity contribution in [2.45, 2.75) is 12.4 Å². The second-order valence-corrected chi connectivity index (χ2v) is 6.28. The molecule has 5 N–H and O–H groups in total. The number of benzene rings is 1. The molecule has 7 nitrogen and oxygen atoms in total. The molecule has 0 aromatic heterocycles. The Bertz CT molecular complexity index is 749. The Morgan fingerprint density at radius 1 is 1.50 bits per heavy atom. The van der Waals surface area contributed by atoms with Crippen molar-refractivity contribution in [2.24, 2.45) is 5.73 Å². The van der Waals surface area contributed by atoms with Gasteiger partial charge in [-0.05, 0) is 29.6 Å². The minimum Gasteiger partial charge on any atom is -0.553 e. The zero-order valence-corrected chi connectivity index (χ0v) is 13.2. The number of hydrogen-bond donors (Lipinski definition) is 4. The van der Waals surface area contributed by atoms with Crippen molar-refractivity contribution in [3.8, 4) is 5.75 Å². The maximum absolute atomic E-state index is 11.4. The topological polar surface area (TPSA) is 99.8 Å². The van der Waals surface area contributed by atoms with Crippen molar-refractivity contribution in [2.75, 3.05) is 19.6 Å². The summed E-state index contributed by atoms with van der Waals surface area (Å²) >= 11 is 0. The van der Waals surface area contributed by atoms with E-state index in [2.05, 4.69) is 10.7 Å². The summed E-state index contributed by atoms with van der Waals surface area (Å²) in [6, 6.07) is 5.28. The standard InChI is InChI=1S/C16H19BN4O3/c18-6-10-7-19-21(8-10)9-12-5-17-14(20-12)4-11-2-1-3-13(16(22)23)15(11)24-17/h1-3,5,8,14,19-20H,4,6-7,9,18H2,(H,22,23). The highest BCUT2D eigenvalue weighted by Gasteiger charge is 2.40. The molecule has 0 bridgehead atoms. The minimum absolute atomic E-state index is 0.136. The second-order valence-electron chi connectivity index (χ2n) is 6.28. The van der Waals surface area contributed by atoms with Gasteiger partial charge in [-0.2, -0.15) is 0 Å². The van der Waals surface area contributed by atoms with Crippen LogP contribution < -0.4 is 21.1 Å². The first-order valence-electron chi connectivity index (χ1n) is 8.03. The van der Waals surface area contributed by atoms with E-state index in [1.165, 1.54) is 5.57 Å². The first-order valence-corrected chi connectivity index (χ1v) is 8.03. The predicted molar refractivity (Wildman–Crippen MR) is 90.3 cm³/mol. The van der Waals surface area contributed by atoms with Gasteiger partial charge in [0.15, 0.2) is 0 Å². The molecule has 3 heterocycles. The molecule has 1 aromatic carbocycles. The first-order chi connectivity index (χ1) is 11.6. The predicted octanol–water partition coefficient (Wildman–Crippen LogP) is -0.0919. The largest absolute Gasteiger partial charge is 0.553 e. The average molecular weight is 326 g/mol. The van der Waals surface area contributed by atoms with Crippen molar-refractivity contribution in [1.29, 1.82) is 0 Å². The molecule has 124 valence electrons. The number of hydrazine groups is 1. The molecule has 1 unspecified atom stereocenters. The molecule has 4 rings (SSSR count). The average Bonchev–Trinajstić information content (AvgIpc) is 3.17. The Morgan fingerprint density at radius 2 is 2.38 bits per heavy atom. The van der Waals surface area contributed by atoms with Crippen molar-refractivity contribution in [3.63, 3.8) is 0 Å². The molecule has 24 heavy (non-hydrogen) atoms. The highest BCUT2D eigenvalue weighted by Crippen LogP contribution is 2.33. The fourth-order valence-corrected chi connectivity index (χ4v) is 3.42. The fourth-order valence-electron chi connectivity index (χ4n) is 3.42. The molecule has 8 heteroatoms. The maximum atomic E-state index is 11.4. The number of hydrogen-bond acceptors (Lipinski definition) is 6. The maximum Gasteiger partial charge on any atom is 0.409 e. The normalized spacial score (nSPS) is 21.5.